The molecule has 0 saturated heterocycles. The Morgan fingerprint density at radius 3 is 2.73 bits per heavy atom. The highest BCUT2D eigenvalue weighted by Gasteiger charge is 2.08. The zero-order valence-electron chi connectivity index (χ0n) is 15.9. The summed E-state index contributed by atoms with van der Waals surface area (Å²) in [7, 11) is 1.51. The molecule has 1 heterocycles. The lowest BCUT2D eigenvalue weighted by atomic mass is 10.2. The number of rotatable bonds is 10. The summed E-state index contributed by atoms with van der Waals surface area (Å²) in [6, 6.07) is 10.2. The Hall–Kier alpha value is -2.53. The number of amides is 1. The molecule has 0 spiro atoms. The minimum Gasteiger partial charge on any atom is -0.491 e. The van der Waals surface area contributed by atoms with Gasteiger partial charge in [0.05, 0.1) is 7.11 Å². The van der Waals surface area contributed by atoms with Gasteiger partial charge in [-0.3, -0.25) is 4.79 Å². The van der Waals surface area contributed by atoms with Crippen LogP contribution < -0.4 is 5.32 Å². The Morgan fingerprint density at radius 2 is 2.04 bits per heavy atom. The molecule has 26 heavy (non-hydrogen) atoms. The molecule has 1 aromatic carbocycles. The van der Waals surface area contributed by atoms with Gasteiger partial charge in [0.15, 0.2) is 5.76 Å². The van der Waals surface area contributed by atoms with Crippen LogP contribution in [0.4, 0.5) is 0 Å². The number of fused-ring (bicyclic) bond motifs is 1. The van der Waals surface area contributed by atoms with Crippen molar-refractivity contribution in [3.8, 4) is 0 Å². The number of para-hydroxylation sites is 1. The third-order valence-corrected chi connectivity index (χ3v) is 4.35. The van der Waals surface area contributed by atoms with Gasteiger partial charge in [-0.15, -0.1) is 0 Å². The Kier molecular flexibility index (Phi) is 7.96. The summed E-state index contributed by atoms with van der Waals surface area (Å²) in [6.45, 7) is 7.99. The molecule has 0 aliphatic carbocycles. The Bertz CT molecular complexity index is 724. The van der Waals surface area contributed by atoms with Gasteiger partial charge in [0.1, 0.15) is 0 Å². The lowest BCUT2D eigenvalue weighted by Gasteiger charge is -2.17. The first kappa shape index (κ1) is 19.8. The van der Waals surface area contributed by atoms with Gasteiger partial charge in [-0.25, -0.2) is 0 Å². The standard InChI is InChI=1S/C21H29N3O2/c1-4-24(5-2)15-9-14-22-21(25)20(26-3)13-8-11-18-16-17-10-6-7-12-19(17)23-18/h6-8,10-13,16,23H,4-5,9,14-15H2,1-3H3,(H,22,25)/b11-8+,20-13+. The van der Waals surface area contributed by atoms with E-state index in [0.717, 1.165) is 42.7 Å². The first-order chi connectivity index (χ1) is 12.7. The molecule has 5 nitrogen and oxygen atoms in total. The van der Waals surface area contributed by atoms with Crippen molar-refractivity contribution >= 4 is 22.9 Å². The summed E-state index contributed by atoms with van der Waals surface area (Å²) >= 11 is 0. The molecule has 5 heteroatoms. The van der Waals surface area contributed by atoms with E-state index in [0.29, 0.717) is 12.3 Å². The summed E-state index contributed by atoms with van der Waals surface area (Å²) in [4.78, 5) is 17.8. The number of H-pyrrole nitrogens is 1. The molecule has 0 aliphatic rings. The number of carbonyl (C=O) groups is 1. The van der Waals surface area contributed by atoms with Gasteiger partial charge in [0.2, 0.25) is 0 Å². The van der Waals surface area contributed by atoms with Crippen molar-refractivity contribution in [3.63, 3.8) is 0 Å². The van der Waals surface area contributed by atoms with E-state index in [1.165, 1.54) is 7.11 Å². The van der Waals surface area contributed by atoms with E-state index < -0.39 is 0 Å². The number of ether oxygens (including phenoxy) is 1. The van der Waals surface area contributed by atoms with Gasteiger partial charge in [-0.05, 0) is 55.7 Å². The summed E-state index contributed by atoms with van der Waals surface area (Å²) in [5.41, 5.74) is 2.08. The number of carbonyl (C=O) groups excluding carboxylic acids is 1. The van der Waals surface area contributed by atoms with Crippen LogP contribution in [0.2, 0.25) is 0 Å². The number of benzene rings is 1. The van der Waals surface area contributed by atoms with Gasteiger partial charge in [-0.1, -0.05) is 38.1 Å². The first-order valence-corrected chi connectivity index (χ1v) is 9.18. The Balaban J connectivity index is 1.86. The second kappa shape index (κ2) is 10.5. The fraction of sp³-hybridized carbons (Fsp3) is 0.381. The summed E-state index contributed by atoms with van der Waals surface area (Å²) < 4.78 is 5.21. The number of aromatic nitrogens is 1. The molecular weight excluding hydrogens is 326 g/mol. The maximum absolute atomic E-state index is 12.2. The second-order valence-electron chi connectivity index (χ2n) is 6.04. The van der Waals surface area contributed by atoms with Crippen molar-refractivity contribution in [2.75, 3.05) is 33.3 Å². The summed E-state index contributed by atoms with van der Waals surface area (Å²) in [5, 5.41) is 4.07. The number of nitrogens with zero attached hydrogens (tertiary/aromatic N) is 1. The molecule has 0 bridgehead atoms. The number of hydrogen-bond acceptors (Lipinski definition) is 3. The molecule has 1 aromatic heterocycles. The zero-order chi connectivity index (χ0) is 18.8. The highest BCUT2D eigenvalue weighted by Crippen LogP contribution is 2.15. The largest absolute Gasteiger partial charge is 0.491 e. The average molecular weight is 355 g/mol. The molecule has 2 N–H and O–H groups in total. The van der Waals surface area contributed by atoms with Crippen molar-refractivity contribution < 1.29 is 9.53 Å². The highest BCUT2D eigenvalue weighted by atomic mass is 16.5. The van der Waals surface area contributed by atoms with Crippen molar-refractivity contribution in [2.45, 2.75) is 20.3 Å². The van der Waals surface area contributed by atoms with Crippen LogP contribution >= 0.6 is 0 Å². The van der Waals surface area contributed by atoms with Crippen LogP contribution in [0.25, 0.3) is 17.0 Å². The number of allylic oxidation sites excluding steroid dienone is 2. The number of methoxy groups -OCH3 is 1. The average Bonchev–Trinajstić information content (AvgIpc) is 3.08. The van der Waals surface area contributed by atoms with Gasteiger partial charge in [0.25, 0.3) is 5.91 Å². The van der Waals surface area contributed by atoms with Crippen molar-refractivity contribution in [3.05, 3.63) is 53.9 Å². The van der Waals surface area contributed by atoms with Crippen molar-refractivity contribution in [1.29, 1.82) is 0 Å². The minimum atomic E-state index is -0.187. The summed E-state index contributed by atoms with van der Waals surface area (Å²) in [6.07, 6.45) is 6.35. The lowest BCUT2D eigenvalue weighted by molar-refractivity contribution is -0.120. The van der Waals surface area contributed by atoms with Crippen LogP contribution in [0, 0.1) is 0 Å². The van der Waals surface area contributed by atoms with E-state index in [9.17, 15) is 4.79 Å². The minimum absolute atomic E-state index is 0.187. The van der Waals surface area contributed by atoms with Gasteiger partial charge in [-0.2, -0.15) is 0 Å². The molecule has 1 amide bonds. The molecule has 2 aromatic rings. The molecule has 0 atom stereocenters. The molecule has 2 rings (SSSR count). The monoisotopic (exact) mass is 355 g/mol. The van der Waals surface area contributed by atoms with Gasteiger partial charge < -0.3 is 19.9 Å². The zero-order valence-corrected chi connectivity index (χ0v) is 15.9. The van der Waals surface area contributed by atoms with Crippen LogP contribution in [0.5, 0.6) is 0 Å². The molecule has 0 aliphatic heterocycles. The lowest BCUT2D eigenvalue weighted by Crippen LogP contribution is -2.30. The van der Waals surface area contributed by atoms with Crippen LogP contribution in [0.1, 0.15) is 26.0 Å². The predicted molar refractivity (Wildman–Crippen MR) is 108 cm³/mol. The fourth-order valence-electron chi connectivity index (χ4n) is 2.79. The number of hydrogen-bond donors (Lipinski definition) is 2. The first-order valence-electron chi connectivity index (χ1n) is 9.18. The predicted octanol–water partition coefficient (Wildman–Crippen LogP) is 3.56. The van der Waals surface area contributed by atoms with E-state index in [-0.39, 0.29) is 5.91 Å². The topological polar surface area (TPSA) is 57.4 Å². The van der Waals surface area contributed by atoms with Crippen molar-refractivity contribution in [2.24, 2.45) is 0 Å². The highest BCUT2D eigenvalue weighted by molar-refractivity contribution is 5.91. The number of nitrogens with one attached hydrogen (secondary N) is 2. The Labute approximate surface area is 155 Å². The molecule has 140 valence electrons. The van der Waals surface area contributed by atoms with E-state index in [1.54, 1.807) is 6.08 Å². The van der Waals surface area contributed by atoms with E-state index in [4.69, 9.17) is 4.74 Å². The normalized spacial score (nSPS) is 12.2. The quantitative estimate of drug-likeness (QED) is 0.296. The van der Waals surface area contributed by atoms with Crippen LogP contribution in [-0.4, -0.2) is 49.1 Å². The second-order valence-corrected chi connectivity index (χ2v) is 6.04. The molecule has 0 radical (unpaired) electrons. The van der Waals surface area contributed by atoms with E-state index >= 15 is 0 Å². The van der Waals surface area contributed by atoms with Crippen molar-refractivity contribution in [1.82, 2.24) is 15.2 Å². The maximum Gasteiger partial charge on any atom is 0.286 e. The molecule has 0 unspecified atom stereocenters. The molecular formula is C21H29N3O2. The van der Waals surface area contributed by atoms with Gasteiger partial charge in [0, 0.05) is 17.8 Å². The molecule has 0 fully saturated rings. The summed E-state index contributed by atoms with van der Waals surface area (Å²) in [5.74, 6) is 0.119. The fourth-order valence-corrected chi connectivity index (χ4v) is 2.79. The third kappa shape index (κ3) is 5.77. The van der Waals surface area contributed by atoms with Crippen LogP contribution in [0.15, 0.2) is 48.2 Å². The van der Waals surface area contributed by atoms with Crippen LogP contribution in [-0.2, 0) is 9.53 Å². The SMILES string of the molecule is CCN(CC)CCCNC(=O)/C(=C\C=C\c1cc2ccccc2[nH]1)OC. The van der Waals surface area contributed by atoms with E-state index in [2.05, 4.69) is 41.2 Å². The number of aromatic amines is 1. The third-order valence-electron chi connectivity index (χ3n) is 4.35. The smallest absolute Gasteiger partial charge is 0.286 e. The van der Waals surface area contributed by atoms with E-state index in [1.807, 2.05) is 30.4 Å². The molecule has 0 saturated carbocycles. The maximum atomic E-state index is 12.2. The Morgan fingerprint density at radius 1 is 1.27 bits per heavy atom. The van der Waals surface area contributed by atoms with Crippen LogP contribution in [0.3, 0.4) is 0 Å². The van der Waals surface area contributed by atoms with Gasteiger partial charge >= 0.3 is 0 Å².